The monoisotopic (exact) mass is 930 g/mol. The second-order valence-electron chi connectivity index (χ2n) is 19.9. The van der Waals surface area contributed by atoms with E-state index in [-0.39, 0.29) is 11.8 Å². The third-order valence-corrected chi connectivity index (χ3v) is 14.0. The zero-order chi connectivity index (χ0) is 48.7. The molecule has 6 aromatic carbocycles. The van der Waals surface area contributed by atoms with Crippen LogP contribution in [0.4, 0.5) is 0 Å². The fourth-order valence-corrected chi connectivity index (χ4v) is 10.5. The summed E-state index contributed by atoms with van der Waals surface area (Å²) in [4.78, 5) is 23.4. The zero-order valence-electron chi connectivity index (χ0n) is 41.2. The molecule has 0 fully saturated rings. The van der Waals surface area contributed by atoms with E-state index >= 15 is 0 Å². The molecule has 10 nitrogen and oxygen atoms in total. The Balaban J connectivity index is 0.984. The van der Waals surface area contributed by atoms with Crippen LogP contribution in [0.2, 0.25) is 0 Å². The summed E-state index contributed by atoms with van der Waals surface area (Å²) in [5.74, 6) is 6.28. The number of benzene rings is 6. The SMILES string of the molecule is CC(C)c1ccnc(-n2c3ccccc3c3c(C(C)C)cc(Oc4ccc5c6ccc(Oc7cc(C(C)C)c8c9ccccc9n(-c9cc(C(C)C)ccn9)c8c7)cc6n(-c6ncncn6)c5c4)cc32)c1. The van der Waals surface area contributed by atoms with Crippen molar-refractivity contribution in [2.45, 2.75) is 79.1 Å². The highest BCUT2D eigenvalue weighted by Crippen LogP contribution is 2.44. The highest BCUT2D eigenvalue weighted by Gasteiger charge is 2.23. The lowest BCUT2D eigenvalue weighted by Crippen LogP contribution is -2.01. The lowest BCUT2D eigenvalue weighted by atomic mass is 9.97. The smallest absolute Gasteiger partial charge is 0.237 e. The van der Waals surface area contributed by atoms with Gasteiger partial charge in [0.15, 0.2) is 0 Å². The third kappa shape index (κ3) is 7.44. The predicted octanol–water partition coefficient (Wildman–Crippen LogP) is 16.0. The molecule has 6 heterocycles. The van der Waals surface area contributed by atoms with Gasteiger partial charge in [0, 0.05) is 69.0 Å². The minimum atomic E-state index is 0.225. The van der Waals surface area contributed by atoms with Crippen molar-refractivity contribution in [1.82, 2.24) is 38.6 Å². The maximum Gasteiger partial charge on any atom is 0.237 e. The first-order valence-electron chi connectivity index (χ1n) is 24.6. The number of pyridine rings is 2. The predicted molar refractivity (Wildman–Crippen MR) is 288 cm³/mol. The number of aromatic nitrogens is 8. The van der Waals surface area contributed by atoms with Crippen LogP contribution in [0.1, 0.15) is 101 Å². The maximum absolute atomic E-state index is 6.94. The molecule has 0 radical (unpaired) electrons. The largest absolute Gasteiger partial charge is 0.457 e. The zero-order valence-corrected chi connectivity index (χ0v) is 41.2. The molecule has 350 valence electrons. The molecule has 12 rings (SSSR count). The van der Waals surface area contributed by atoms with Crippen LogP contribution in [0.15, 0.2) is 159 Å². The highest BCUT2D eigenvalue weighted by molar-refractivity contribution is 6.13. The van der Waals surface area contributed by atoms with Gasteiger partial charge in [-0.25, -0.2) is 24.9 Å². The van der Waals surface area contributed by atoms with Crippen LogP contribution in [0.3, 0.4) is 0 Å². The Hall–Kier alpha value is -8.37. The average Bonchev–Trinajstić information content (AvgIpc) is 4.01. The number of nitrogens with zero attached hydrogens (tertiary/aromatic N) is 8. The Bertz CT molecular complexity index is 3790. The van der Waals surface area contributed by atoms with Crippen molar-refractivity contribution < 1.29 is 9.47 Å². The standard InChI is InChI=1S/C61H54N8O2/c1-35(2)39-21-23-63-57(25-39)67-51-15-11-9-13-47(51)59-49(37(5)6)27-43(31-55(59)67)70-41-17-19-45-46-20-18-42(30-54(46)69(53(45)29-41)61-65-33-62-34-66-61)71-44-28-50(38(7)8)60-48-14-10-12-16-52(48)68(56(60)32-44)58-26-40(36(3)4)22-24-64-58/h9-38H,1-8H3. The van der Waals surface area contributed by atoms with Crippen molar-refractivity contribution >= 4 is 65.4 Å². The summed E-state index contributed by atoms with van der Waals surface area (Å²) in [6.07, 6.45) is 6.89. The Morgan fingerprint density at radius 1 is 0.366 bits per heavy atom. The molecule has 0 aliphatic rings. The molecule has 0 bridgehead atoms. The van der Waals surface area contributed by atoms with Crippen molar-refractivity contribution in [3.8, 4) is 40.6 Å². The summed E-state index contributed by atoms with van der Waals surface area (Å²) in [6, 6.07) is 47.0. The van der Waals surface area contributed by atoms with Gasteiger partial charge < -0.3 is 9.47 Å². The van der Waals surface area contributed by atoms with Gasteiger partial charge in [-0.3, -0.25) is 13.7 Å². The summed E-state index contributed by atoms with van der Waals surface area (Å²) in [5, 5.41) is 6.85. The van der Waals surface area contributed by atoms with Crippen molar-refractivity contribution in [2.75, 3.05) is 0 Å². The van der Waals surface area contributed by atoms with Gasteiger partial charge >= 0.3 is 0 Å². The summed E-state index contributed by atoms with van der Waals surface area (Å²) in [7, 11) is 0. The van der Waals surface area contributed by atoms with E-state index in [4.69, 9.17) is 19.4 Å². The highest BCUT2D eigenvalue weighted by atomic mass is 16.5. The fraction of sp³-hybridized carbons (Fsp3) is 0.197. The van der Waals surface area contributed by atoms with E-state index in [1.54, 1.807) is 0 Å². The minimum Gasteiger partial charge on any atom is -0.457 e. The van der Waals surface area contributed by atoms with Crippen LogP contribution in [0.25, 0.3) is 83.0 Å². The Morgan fingerprint density at radius 3 is 1.24 bits per heavy atom. The molecule has 12 aromatic rings. The van der Waals surface area contributed by atoms with E-state index in [1.807, 2.05) is 24.5 Å². The molecule has 0 amide bonds. The molecule has 0 unspecified atom stereocenters. The summed E-state index contributed by atoms with van der Waals surface area (Å²) >= 11 is 0. The van der Waals surface area contributed by atoms with E-state index in [1.165, 1.54) is 56.5 Å². The molecule has 71 heavy (non-hydrogen) atoms. The van der Waals surface area contributed by atoms with Crippen LogP contribution >= 0.6 is 0 Å². The Labute approximate surface area is 412 Å². The molecule has 0 aliphatic carbocycles. The minimum absolute atomic E-state index is 0.225. The molecule has 0 N–H and O–H groups in total. The molecule has 0 spiro atoms. The number of hydrogen-bond donors (Lipinski definition) is 0. The summed E-state index contributed by atoms with van der Waals surface area (Å²) in [5.41, 5.74) is 11.0. The van der Waals surface area contributed by atoms with Crippen LogP contribution in [-0.4, -0.2) is 38.6 Å². The van der Waals surface area contributed by atoms with Gasteiger partial charge in [0.05, 0.1) is 33.1 Å². The summed E-state index contributed by atoms with van der Waals surface area (Å²) in [6.45, 7) is 17.8. The van der Waals surface area contributed by atoms with E-state index < -0.39 is 0 Å². The van der Waals surface area contributed by atoms with Crippen molar-refractivity contribution in [1.29, 1.82) is 0 Å². The van der Waals surface area contributed by atoms with Gasteiger partial charge in [-0.1, -0.05) is 91.8 Å². The molecule has 0 saturated carbocycles. The molecule has 0 atom stereocenters. The van der Waals surface area contributed by atoms with E-state index in [0.717, 1.165) is 67.0 Å². The van der Waals surface area contributed by atoms with Gasteiger partial charge in [-0.2, -0.15) is 0 Å². The normalized spacial score (nSPS) is 12.2. The van der Waals surface area contributed by atoms with Gasteiger partial charge in [0.25, 0.3) is 0 Å². The van der Waals surface area contributed by atoms with Crippen LogP contribution in [0, 0.1) is 0 Å². The third-order valence-electron chi connectivity index (χ3n) is 14.0. The fourth-order valence-electron chi connectivity index (χ4n) is 10.5. The van der Waals surface area contributed by atoms with Gasteiger partial charge in [0.1, 0.15) is 47.3 Å². The second-order valence-corrected chi connectivity index (χ2v) is 19.9. The second kappa shape index (κ2) is 17.2. The van der Waals surface area contributed by atoms with Crippen molar-refractivity contribution in [3.05, 3.63) is 181 Å². The maximum atomic E-state index is 6.94. The molecular formula is C61H54N8O2. The van der Waals surface area contributed by atoms with Gasteiger partial charge in [-0.05, 0) is 119 Å². The molecular weight excluding hydrogens is 877 g/mol. The number of ether oxygens (including phenoxy) is 2. The first-order valence-corrected chi connectivity index (χ1v) is 24.6. The number of fused-ring (bicyclic) bond motifs is 9. The molecule has 0 saturated heterocycles. The lowest BCUT2D eigenvalue weighted by molar-refractivity contribution is 0.483. The van der Waals surface area contributed by atoms with Gasteiger partial charge in [-0.15, -0.1) is 0 Å². The van der Waals surface area contributed by atoms with E-state index in [2.05, 4.69) is 205 Å². The summed E-state index contributed by atoms with van der Waals surface area (Å²) < 4.78 is 20.5. The molecule has 10 heteroatoms. The lowest BCUT2D eigenvalue weighted by Gasteiger charge is -2.15. The topological polar surface area (TPSA) is 97.7 Å². The number of para-hydroxylation sites is 2. The van der Waals surface area contributed by atoms with E-state index in [9.17, 15) is 0 Å². The van der Waals surface area contributed by atoms with Crippen molar-refractivity contribution in [3.63, 3.8) is 0 Å². The average molecular weight is 931 g/mol. The van der Waals surface area contributed by atoms with Crippen LogP contribution < -0.4 is 9.47 Å². The molecule has 6 aromatic heterocycles. The Morgan fingerprint density at radius 2 is 0.803 bits per heavy atom. The van der Waals surface area contributed by atoms with Crippen molar-refractivity contribution in [2.24, 2.45) is 0 Å². The van der Waals surface area contributed by atoms with E-state index in [0.29, 0.717) is 29.3 Å². The van der Waals surface area contributed by atoms with Gasteiger partial charge in [0.2, 0.25) is 5.95 Å². The molecule has 0 aliphatic heterocycles. The Kier molecular flexibility index (Phi) is 10.7. The van der Waals surface area contributed by atoms with Crippen LogP contribution in [-0.2, 0) is 0 Å². The number of rotatable bonds is 11. The quantitative estimate of drug-likeness (QED) is 0.127. The first kappa shape index (κ1) is 43.9. The first-order chi connectivity index (χ1) is 34.5. The van der Waals surface area contributed by atoms with Crippen LogP contribution in [0.5, 0.6) is 23.0 Å². The number of hydrogen-bond acceptors (Lipinski definition) is 7.